The molecule has 1 amide bonds. The Morgan fingerprint density at radius 3 is 2.73 bits per heavy atom. The minimum Gasteiger partial charge on any atom is -0.453 e. The number of rotatable bonds is 5. The average Bonchev–Trinajstić information content (AvgIpc) is 2.04. The van der Waals surface area contributed by atoms with Gasteiger partial charge in [-0.1, -0.05) is 6.92 Å². The third-order valence-corrected chi connectivity index (χ3v) is 1.24. The van der Waals surface area contributed by atoms with Gasteiger partial charge in [0.2, 0.25) is 0 Å². The normalized spacial score (nSPS) is 9.27. The van der Waals surface area contributed by atoms with Gasteiger partial charge in [0.1, 0.15) is 0 Å². The van der Waals surface area contributed by atoms with Crippen LogP contribution >= 0.6 is 0 Å². The summed E-state index contributed by atoms with van der Waals surface area (Å²) in [5, 5.41) is 5.74. The lowest BCUT2D eigenvalue weighted by atomic mass is 10.4. The van der Waals surface area contributed by atoms with Crippen LogP contribution in [0.5, 0.6) is 0 Å². The molecule has 0 heterocycles. The van der Waals surface area contributed by atoms with E-state index >= 15 is 0 Å². The summed E-state index contributed by atoms with van der Waals surface area (Å²) in [4.78, 5) is 10.5. The Labute approximate surface area is 67.3 Å². The lowest BCUT2D eigenvalue weighted by Gasteiger charge is -2.02. The summed E-state index contributed by atoms with van der Waals surface area (Å²) >= 11 is 0. The van der Waals surface area contributed by atoms with Crippen molar-refractivity contribution in [3.63, 3.8) is 0 Å². The summed E-state index contributed by atoms with van der Waals surface area (Å²) in [5.41, 5.74) is 0. The van der Waals surface area contributed by atoms with E-state index < -0.39 is 0 Å². The monoisotopic (exact) mass is 160 g/mol. The van der Waals surface area contributed by atoms with E-state index in [0.717, 1.165) is 19.5 Å². The number of methoxy groups -OCH3 is 1. The minimum atomic E-state index is -0.360. The molecule has 0 aromatic rings. The Morgan fingerprint density at radius 2 is 2.18 bits per heavy atom. The van der Waals surface area contributed by atoms with Crippen molar-refractivity contribution in [2.45, 2.75) is 13.3 Å². The van der Waals surface area contributed by atoms with Gasteiger partial charge in [0.25, 0.3) is 0 Å². The van der Waals surface area contributed by atoms with Crippen molar-refractivity contribution in [1.29, 1.82) is 0 Å². The summed E-state index contributed by atoms with van der Waals surface area (Å²) in [5.74, 6) is 0. The lowest BCUT2D eigenvalue weighted by molar-refractivity contribution is 0.171. The number of hydrogen-bond donors (Lipinski definition) is 2. The standard InChI is InChI=1S/C7H16N2O2/c1-3-8-5-4-6-9-7(10)11-2/h8H,3-6H2,1-2H3,(H,9,10). The molecule has 66 valence electrons. The Hall–Kier alpha value is -0.770. The quantitative estimate of drug-likeness (QED) is 0.570. The van der Waals surface area contributed by atoms with E-state index in [-0.39, 0.29) is 6.09 Å². The van der Waals surface area contributed by atoms with Crippen molar-refractivity contribution in [3.8, 4) is 0 Å². The lowest BCUT2D eigenvalue weighted by Crippen LogP contribution is -2.26. The zero-order chi connectivity index (χ0) is 8.53. The van der Waals surface area contributed by atoms with Crippen molar-refractivity contribution in [1.82, 2.24) is 10.6 Å². The molecule has 0 fully saturated rings. The molecule has 0 aliphatic carbocycles. The first-order valence-electron chi connectivity index (χ1n) is 3.83. The molecular weight excluding hydrogens is 144 g/mol. The van der Waals surface area contributed by atoms with Gasteiger partial charge in [-0.15, -0.1) is 0 Å². The molecule has 0 atom stereocenters. The van der Waals surface area contributed by atoms with Gasteiger partial charge >= 0.3 is 6.09 Å². The predicted octanol–water partition coefficient (Wildman–Crippen LogP) is 0.342. The highest BCUT2D eigenvalue weighted by atomic mass is 16.5. The molecular formula is C7H16N2O2. The van der Waals surface area contributed by atoms with Crippen molar-refractivity contribution in [2.75, 3.05) is 26.7 Å². The fraction of sp³-hybridized carbons (Fsp3) is 0.857. The maximum absolute atomic E-state index is 10.5. The summed E-state index contributed by atoms with van der Waals surface area (Å²) in [6.45, 7) is 4.62. The molecule has 2 N–H and O–H groups in total. The van der Waals surface area contributed by atoms with Crippen LogP contribution in [0.2, 0.25) is 0 Å². The van der Waals surface area contributed by atoms with E-state index in [1.807, 2.05) is 6.92 Å². The zero-order valence-electron chi connectivity index (χ0n) is 7.14. The topological polar surface area (TPSA) is 50.4 Å². The number of carbonyl (C=O) groups excluding carboxylic acids is 1. The third-order valence-electron chi connectivity index (χ3n) is 1.24. The van der Waals surface area contributed by atoms with E-state index in [9.17, 15) is 4.79 Å². The highest BCUT2D eigenvalue weighted by Crippen LogP contribution is 1.75. The van der Waals surface area contributed by atoms with E-state index in [2.05, 4.69) is 15.4 Å². The molecule has 0 saturated carbocycles. The molecule has 0 radical (unpaired) electrons. The van der Waals surface area contributed by atoms with Crippen LogP contribution in [-0.2, 0) is 4.74 Å². The molecule has 0 bridgehead atoms. The molecule has 4 heteroatoms. The number of ether oxygens (including phenoxy) is 1. The second-order valence-corrected chi connectivity index (χ2v) is 2.13. The van der Waals surface area contributed by atoms with Crippen LogP contribution in [0.3, 0.4) is 0 Å². The Morgan fingerprint density at radius 1 is 1.45 bits per heavy atom. The summed E-state index contributed by atoms with van der Waals surface area (Å²) in [7, 11) is 1.36. The molecule has 0 aliphatic heterocycles. The molecule has 0 spiro atoms. The summed E-state index contributed by atoms with van der Waals surface area (Å²) in [6.07, 6.45) is 0.574. The van der Waals surface area contributed by atoms with E-state index in [1.54, 1.807) is 0 Å². The first kappa shape index (κ1) is 10.2. The molecule has 0 aliphatic rings. The number of nitrogens with one attached hydrogen (secondary N) is 2. The molecule has 4 nitrogen and oxygen atoms in total. The molecule has 0 rings (SSSR count). The molecule has 11 heavy (non-hydrogen) atoms. The highest BCUT2D eigenvalue weighted by molar-refractivity contribution is 5.66. The Kier molecular flexibility index (Phi) is 6.82. The first-order valence-corrected chi connectivity index (χ1v) is 3.83. The van der Waals surface area contributed by atoms with E-state index in [4.69, 9.17) is 0 Å². The highest BCUT2D eigenvalue weighted by Gasteiger charge is 1.94. The van der Waals surface area contributed by atoms with Crippen LogP contribution in [0.1, 0.15) is 13.3 Å². The van der Waals surface area contributed by atoms with Crippen LogP contribution in [0.25, 0.3) is 0 Å². The molecule has 0 aromatic carbocycles. The smallest absolute Gasteiger partial charge is 0.406 e. The van der Waals surface area contributed by atoms with Crippen LogP contribution in [-0.4, -0.2) is 32.8 Å². The molecule has 0 saturated heterocycles. The number of amides is 1. The number of carbonyl (C=O) groups is 1. The van der Waals surface area contributed by atoms with Gasteiger partial charge in [0.15, 0.2) is 0 Å². The van der Waals surface area contributed by atoms with E-state index in [1.165, 1.54) is 7.11 Å². The molecule has 0 aromatic heterocycles. The maximum atomic E-state index is 10.5. The van der Waals surface area contributed by atoms with Crippen molar-refractivity contribution < 1.29 is 9.53 Å². The van der Waals surface area contributed by atoms with Gasteiger partial charge in [0.05, 0.1) is 7.11 Å². The van der Waals surface area contributed by atoms with Crippen LogP contribution in [0.4, 0.5) is 4.79 Å². The predicted molar refractivity (Wildman–Crippen MR) is 43.6 cm³/mol. The maximum Gasteiger partial charge on any atom is 0.406 e. The van der Waals surface area contributed by atoms with Crippen molar-refractivity contribution in [2.24, 2.45) is 0 Å². The minimum absolute atomic E-state index is 0.360. The molecule has 0 unspecified atom stereocenters. The third kappa shape index (κ3) is 7.12. The summed E-state index contributed by atoms with van der Waals surface area (Å²) < 4.78 is 4.39. The largest absolute Gasteiger partial charge is 0.453 e. The van der Waals surface area contributed by atoms with Gasteiger partial charge in [0, 0.05) is 6.54 Å². The zero-order valence-corrected chi connectivity index (χ0v) is 7.14. The fourth-order valence-electron chi connectivity index (χ4n) is 0.653. The van der Waals surface area contributed by atoms with Gasteiger partial charge in [-0.05, 0) is 19.5 Å². The number of alkyl carbamates (subject to hydrolysis) is 1. The second-order valence-electron chi connectivity index (χ2n) is 2.13. The van der Waals surface area contributed by atoms with E-state index in [0.29, 0.717) is 6.54 Å². The van der Waals surface area contributed by atoms with Crippen LogP contribution < -0.4 is 10.6 Å². The van der Waals surface area contributed by atoms with Gasteiger partial charge in [-0.2, -0.15) is 0 Å². The summed E-state index contributed by atoms with van der Waals surface area (Å²) in [6, 6.07) is 0. The van der Waals surface area contributed by atoms with Crippen LogP contribution in [0, 0.1) is 0 Å². The first-order chi connectivity index (χ1) is 5.31. The van der Waals surface area contributed by atoms with Crippen LogP contribution in [0.15, 0.2) is 0 Å². The van der Waals surface area contributed by atoms with Gasteiger partial charge < -0.3 is 15.4 Å². The SMILES string of the molecule is CCNCCCNC(=O)OC. The number of hydrogen-bond acceptors (Lipinski definition) is 3. The fourth-order valence-corrected chi connectivity index (χ4v) is 0.653. The Bertz CT molecular complexity index is 107. The van der Waals surface area contributed by atoms with Crippen molar-refractivity contribution in [3.05, 3.63) is 0 Å². The second kappa shape index (κ2) is 7.34. The van der Waals surface area contributed by atoms with Gasteiger partial charge in [-0.3, -0.25) is 0 Å². The van der Waals surface area contributed by atoms with Gasteiger partial charge in [-0.25, -0.2) is 4.79 Å². The average molecular weight is 160 g/mol. The van der Waals surface area contributed by atoms with Crippen molar-refractivity contribution >= 4 is 6.09 Å². The Balaban J connectivity index is 2.95.